The van der Waals surface area contributed by atoms with Crippen LogP contribution in [0.5, 0.6) is 0 Å². The van der Waals surface area contributed by atoms with Crippen molar-refractivity contribution in [3.05, 3.63) is 50.4 Å². The molecule has 0 radical (unpaired) electrons. The van der Waals surface area contributed by atoms with Crippen molar-refractivity contribution < 1.29 is 13.9 Å². The predicted octanol–water partition coefficient (Wildman–Crippen LogP) is 2.45. The normalized spacial score (nSPS) is 10.9. The molecule has 0 fully saturated rings. The number of fused-ring (bicyclic) bond motifs is 1. The van der Waals surface area contributed by atoms with Crippen LogP contribution in [0.15, 0.2) is 39.1 Å². The number of ether oxygens (including phenoxy) is 1. The van der Waals surface area contributed by atoms with E-state index >= 15 is 0 Å². The highest BCUT2D eigenvalue weighted by atomic mass is 35.5. The summed E-state index contributed by atoms with van der Waals surface area (Å²) in [6.45, 7) is -0.0772. The van der Waals surface area contributed by atoms with Crippen molar-refractivity contribution in [3.8, 4) is 0 Å². The van der Waals surface area contributed by atoms with E-state index in [1.807, 2.05) is 0 Å². The van der Waals surface area contributed by atoms with E-state index in [-0.39, 0.29) is 13.2 Å². The lowest BCUT2D eigenvalue weighted by Crippen LogP contribution is -2.21. The fraction of sp³-hybridized carbons (Fsp3) is 0.154. The molecule has 0 atom stereocenters. The Morgan fingerprint density at radius 1 is 1.48 bits per heavy atom. The Hall–Kier alpha value is -2.12. The number of carbonyl (C=O) groups is 1. The van der Waals surface area contributed by atoms with Gasteiger partial charge in [0.25, 0.3) is 0 Å². The second-order valence-corrected chi connectivity index (χ2v) is 5.60. The van der Waals surface area contributed by atoms with Crippen LogP contribution in [0.25, 0.3) is 11.1 Å². The smallest absolute Gasteiger partial charge is 0.420 e. The third-order valence-corrected chi connectivity index (χ3v) is 3.76. The van der Waals surface area contributed by atoms with Gasteiger partial charge in [-0.2, -0.15) is 0 Å². The van der Waals surface area contributed by atoms with Gasteiger partial charge in [-0.05, 0) is 12.1 Å². The Bertz CT molecular complexity index is 838. The van der Waals surface area contributed by atoms with Gasteiger partial charge in [0.2, 0.25) is 0 Å². The van der Waals surface area contributed by atoms with Gasteiger partial charge >= 0.3 is 11.7 Å². The van der Waals surface area contributed by atoms with E-state index < -0.39 is 11.7 Å². The highest BCUT2D eigenvalue weighted by Crippen LogP contribution is 2.18. The number of esters is 1. The number of benzene rings is 1. The van der Waals surface area contributed by atoms with E-state index in [0.29, 0.717) is 16.1 Å². The molecule has 0 saturated heterocycles. The Kier molecular flexibility index (Phi) is 3.76. The average Bonchev–Trinajstić information content (AvgIpc) is 3.05. The van der Waals surface area contributed by atoms with Gasteiger partial charge in [0.15, 0.2) is 5.58 Å². The van der Waals surface area contributed by atoms with Gasteiger partial charge in [0.05, 0.1) is 15.9 Å². The van der Waals surface area contributed by atoms with E-state index in [0.717, 1.165) is 4.88 Å². The number of oxazole rings is 1. The third kappa shape index (κ3) is 2.98. The lowest BCUT2D eigenvalue weighted by atomic mass is 10.3. The van der Waals surface area contributed by atoms with Crippen molar-refractivity contribution in [2.24, 2.45) is 0 Å². The first-order valence-electron chi connectivity index (χ1n) is 5.95. The molecular formula is C13H9ClN2O4S. The molecule has 0 aliphatic carbocycles. The first-order chi connectivity index (χ1) is 10.1. The maximum atomic E-state index is 11.8. The summed E-state index contributed by atoms with van der Waals surface area (Å²) < 4.78 is 11.3. The summed E-state index contributed by atoms with van der Waals surface area (Å²) in [7, 11) is 0. The zero-order valence-corrected chi connectivity index (χ0v) is 12.2. The molecule has 0 aliphatic heterocycles. The van der Waals surface area contributed by atoms with Crippen LogP contribution in [0.3, 0.4) is 0 Å². The minimum Gasteiger partial charge on any atom is -0.459 e. The van der Waals surface area contributed by atoms with Crippen LogP contribution in [0.1, 0.15) is 4.88 Å². The van der Waals surface area contributed by atoms with Gasteiger partial charge in [-0.3, -0.25) is 14.3 Å². The highest BCUT2D eigenvalue weighted by molar-refractivity contribution is 7.09. The molecule has 2 heterocycles. The molecule has 8 heteroatoms. The average molecular weight is 325 g/mol. The molecule has 3 aromatic rings. The SMILES string of the molecule is O=C(Cn1c(=O)oc2cc(Cl)ccc21)OCc1cncs1. The molecule has 108 valence electrons. The highest BCUT2D eigenvalue weighted by Gasteiger charge is 2.14. The Labute approximate surface area is 127 Å². The summed E-state index contributed by atoms with van der Waals surface area (Å²) >= 11 is 7.22. The van der Waals surface area contributed by atoms with Gasteiger partial charge in [-0.15, -0.1) is 11.3 Å². The molecule has 0 saturated carbocycles. The van der Waals surface area contributed by atoms with Gasteiger partial charge in [-0.1, -0.05) is 11.6 Å². The summed E-state index contributed by atoms with van der Waals surface area (Å²) in [6.07, 6.45) is 1.62. The van der Waals surface area contributed by atoms with E-state index in [1.165, 1.54) is 22.0 Å². The second-order valence-electron chi connectivity index (χ2n) is 4.19. The summed E-state index contributed by atoms with van der Waals surface area (Å²) in [5, 5.41) is 0.455. The van der Waals surface area contributed by atoms with Crippen molar-refractivity contribution in [1.82, 2.24) is 9.55 Å². The van der Waals surface area contributed by atoms with E-state index in [4.69, 9.17) is 20.8 Å². The van der Waals surface area contributed by atoms with E-state index in [9.17, 15) is 9.59 Å². The van der Waals surface area contributed by atoms with Gasteiger partial charge in [-0.25, -0.2) is 4.79 Å². The Balaban J connectivity index is 1.76. The summed E-state index contributed by atoms with van der Waals surface area (Å²) in [5.74, 6) is -1.15. The minimum atomic E-state index is -0.623. The number of nitrogens with zero attached hydrogens (tertiary/aromatic N) is 2. The zero-order chi connectivity index (χ0) is 14.8. The fourth-order valence-corrected chi connectivity index (χ4v) is 2.50. The van der Waals surface area contributed by atoms with Crippen molar-refractivity contribution in [2.45, 2.75) is 13.2 Å². The maximum absolute atomic E-state index is 11.8. The van der Waals surface area contributed by atoms with Crippen molar-refractivity contribution in [3.63, 3.8) is 0 Å². The molecule has 1 aromatic carbocycles. The largest absolute Gasteiger partial charge is 0.459 e. The molecule has 0 unspecified atom stereocenters. The predicted molar refractivity (Wildman–Crippen MR) is 77.4 cm³/mol. The van der Waals surface area contributed by atoms with Crippen LogP contribution in [-0.2, 0) is 22.7 Å². The fourth-order valence-electron chi connectivity index (χ4n) is 1.83. The van der Waals surface area contributed by atoms with Gasteiger partial charge < -0.3 is 9.15 Å². The van der Waals surface area contributed by atoms with E-state index in [1.54, 1.807) is 23.8 Å². The molecule has 6 nitrogen and oxygen atoms in total. The molecule has 0 bridgehead atoms. The van der Waals surface area contributed by atoms with Crippen LogP contribution < -0.4 is 5.76 Å². The summed E-state index contributed by atoms with van der Waals surface area (Å²) in [4.78, 5) is 28.3. The summed E-state index contributed by atoms with van der Waals surface area (Å²) in [6, 6.07) is 4.77. The maximum Gasteiger partial charge on any atom is 0.420 e. The minimum absolute atomic E-state index is 0.139. The molecule has 0 N–H and O–H groups in total. The number of hydrogen-bond acceptors (Lipinski definition) is 6. The molecule has 3 rings (SSSR count). The van der Waals surface area contributed by atoms with Gasteiger partial charge in [0, 0.05) is 17.3 Å². The number of aromatic nitrogens is 2. The molecule has 0 aliphatic rings. The first kappa shape index (κ1) is 13.8. The summed E-state index contributed by atoms with van der Waals surface area (Å²) in [5.41, 5.74) is 2.49. The molecule has 2 aromatic heterocycles. The second kappa shape index (κ2) is 5.71. The third-order valence-electron chi connectivity index (χ3n) is 2.78. The van der Waals surface area contributed by atoms with Crippen LogP contribution in [0.4, 0.5) is 0 Å². The first-order valence-corrected chi connectivity index (χ1v) is 7.21. The van der Waals surface area contributed by atoms with Gasteiger partial charge in [0.1, 0.15) is 13.2 Å². The molecular weight excluding hydrogens is 316 g/mol. The quantitative estimate of drug-likeness (QED) is 0.689. The van der Waals surface area contributed by atoms with Crippen molar-refractivity contribution in [2.75, 3.05) is 0 Å². The van der Waals surface area contributed by atoms with Crippen LogP contribution in [0, 0.1) is 0 Å². The standard InChI is InChI=1S/C13H9ClN2O4S/c14-8-1-2-10-11(3-8)20-13(18)16(10)5-12(17)19-6-9-4-15-7-21-9/h1-4,7H,5-6H2. The molecule has 21 heavy (non-hydrogen) atoms. The number of halogens is 1. The topological polar surface area (TPSA) is 74.3 Å². The number of thiazole rings is 1. The van der Waals surface area contributed by atoms with Crippen LogP contribution >= 0.6 is 22.9 Å². The van der Waals surface area contributed by atoms with Crippen LogP contribution in [0.2, 0.25) is 5.02 Å². The number of carbonyl (C=O) groups excluding carboxylic acids is 1. The Morgan fingerprint density at radius 2 is 2.33 bits per heavy atom. The van der Waals surface area contributed by atoms with Crippen molar-refractivity contribution >= 4 is 40.0 Å². The number of hydrogen-bond donors (Lipinski definition) is 0. The Morgan fingerprint density at radius 3 is 3.10 bits per heavy atom. The van der Waals surface area contributed by atoms with E-state index in [2.05, 4.69) is 4.98 Å². The lowest BCUT2D eigenvalue weighted by molar-refractivity contribution is -0.145. The number of rotatable bonds is 4. The molecule has 0 amide bonds. The lowest BCUT2D eigenvalue weighted by Gasteiger charge is -2.03. The zero-order valence-electron chi connectivity index (χ0n) is 10.6. The molecule has 0 spiro atoms. The monoisotopic (exact) mass is 324 g/mol. The van der Waals surface area contributed by atoms with Crippen LogP contribution in [-0.4, -0.2) is 15.5 Å². The van der Waals surface area contributed by atoms with Crippen molar-refractivity contribution in [1.29, 1.82) is 0 Å².